The van der Waals surface area contributed by atoms with Gasteiger partial charge in [0.1, 0.15) is 5.75 Å². The van der Waals surface area contributed by atoms with E-state index in [9.17, 15) is 0 Å². The van der Waals surface area contributed by atoms with Crippen LogP contribution in [0, 0.1) is 0 Å². The quantitative estimate of drug-likeness (QED) is 0.635. The normalized spacial score (nSPS) is 10.9. The smallest absolute Gasteiger partial charge is 0.118 e. The fourth-order valence-corrected chi connectivity index (χ4v) is 2.70. The number of ether oxygens (including phenoxy) is 1. The number of rotatable bonds is 8. The number of methoxy groups -OCH3 is 1. The van der Waals surface area contributed by atoms with Crippen LogP contribution in [0.2, 0.25) is 0 Å². The van der Waals surface area contributed by atoms with E-state index in [2.05, 4.69) is 64.2 Å². The number of halogens is 1. The Morgan fingerprint density at radius 2 is 1.45 bits per heavy atom. The zero-order chi connectivity index (χ0) is 15.8. The van der Waals surface area contributed by atoms with Crippen LogP contribution < -0.4 is 4.74 Å². The molecule has 0 unspecified atom stereocenters. The summed E-state index contributed by atoms with van der Waals surface area (Å²) in [6.45, 7) is 5.32. The van der Waals surface area contributed by atoms with E-state index in [4.69, 9.17) is 4.74 Å². The van der Waals surface area contributed by atoms with Crippen LogP contribution in [0.1, 0.15) is 30.9 Å². The summed E-state index contributed by atoms with van der Waals surface area (Å²) in [6.07, 6.45) is 2.45. The molecule has 0 fully saturated rings. The van der Waals surface area contributed by atoms with Crippen molar-refractivity contribution in [3.8, 4) is 5.75 Å². The van der Waals surface area contributed by atoms with E-state index < -0.39 is 0 Å². The van der Waals surface area contributed by atoms with Crippen molar-refractivity contribution in [2.45, 2.75) is 32.9 Å². The predicted molar refractivity (Wildman–Crippen MR) is 96.2 cm³/mol. The van der Waals surface area contributed by atoms with Crippen LogP contribution in [-0.4, -0.2) is 18.6 Å². The SMILES string of the molecule is CCCCN(Cc1ccc(Br)cc1)Cc1ccc(OC)cc1. The predicted octanol–water partition coefficient (Wildman–Crippen LogP) is 5.26. The Morgan fingerprint density at radius 1 is 0.909 bits per heavy atom. The van der Waals surface area contributed by atoms with Crippen molar-refractivity contribution in [1.82, 2.24) is 4.90 Å². The molecule has 0 radical (unpaired) electrons. The van der Waals surface area contributed by atoms with E-state index in [0.29, 0.717) is 0 Å². The molecule has 0 aliphatic heterocycles. The summed E-state index contributed by atoms with van der Waals surface area (Å²) >= 11 is 3.50. The second kappa shape index (κ2) is 8.96. The molecule has 22 heavy (non-hydrogen) atoms. The van der Waals surface area contributed by atoms with Gasteiger partial charge in [0.25, 0.3) is 0 Å². The van der Waals surface area contributed by atoms with Crippen LogP contribution in [0.5, 0.6) is 5.75 Å². The van der Waals surface area contributed by atoms with Crippen LogP contribution in [0.4, 0.5) is 0 Å². The maximum Gasteiger partial charge on any atom is 0.118 e. The number of unbranched alkanes of at least 4 members (excludes halogenated alkanes) is 1. The Balaban J connectivity index is 2.02. The molecule has 0 atom stereocenters. The summed E-state index contributed by atoms with van der Waals surface area (Å²) < 4.78 is 6.36. The fourth-order valence-electron chi connectivity index (χ4n) is 2.43. The summed E-state index contributed by atoms with van der Waals surface area (Å²) in [5, 5.41) is 0. The number of hydrogen-bond donors (Lipinski definition) is 0. The van der Waals surface area contributed by atoms with Crippen molar-refractivity contribution >= 4 is 15.9 Å². The van der Waals surface area contributed by atoms with Crippen LogP contribution in [0.25, 0.3) is 0 Å². The molecular formula is C19H24BrNO. The van der Waals surface area contributed by atoms with Crippen molar-refractivity contribution in [3.63, 3.8) is 0 Å². The van der Waals surface area contributed by atoms with E-state index in [-0.39, 0.29) is 0 Å². The average molecular weight is 362 g/mol. The summed E-state index contributed by atoms with van der Waals surface area (Å²) in [5.74, 6) is 0.914. The van der Waals surface area contributed by atoms with Crippen molar-refractivity contribution in [3.05, 3.63) is 64.1 Å². The van der Waals surface area contributed by atoms with Crippen molar-refractivity contribution in [2.24, 2.45) is 0 Å². The molecular weight excluding hydrogens is 338 g/mol. The maximum absolute atomic E-state index is 5.23. The Morgan fingerprint density at radius 3 is 1.95 bits per heavy atom. The molecule has 118 valence electrons. The lowest BCUT2D eigenvalue weighted by atomic mass is 10.1. The Hall–Kier alpha value is -1.32. The molecule has 0 bridgehead atoms. The van der Waals surface area contributed by atoms with Crippen LogP contribution >= 0.6 is 15.9 Å². The molecule has 2 aromatic rings. The highest BCUT2D eigenvalue weighted by Gasteiger charge is 2.07. The topological polar surface area (TPSA) is 12.5 Å². The molecule has 0 heterocycles. The van der Waals surface area contributed by atoms with Gasteiger partial charge in [-0.15, -0.1) is 0 Å². The lowest BCUT2D eigenvalue weighted by Crippen LogP contribution is -2.24. The number of nitrogens with zero attached hydrogens (tertiary/aromatic N) is 1. The van der Waals surface area contributed by atoms with Gasteiger partial charge in [-0.1, -0.05) is 53.5 Å². The van der Waals surface area contributed by atoms with Crippen LogP contribution in [-0.2, 0) is 13.1 Å². The van der Waals surface area contributed by atoms with Crippen molar-refractivity contribution < 1.29 is 4.74 Å². The Kier molecular flexibility index (Phi) is 6.94. The monoisotopic (exact) mass is 361 g/mol. The lowest BCUT2D eigenvalue weighted by molar-refractivity contribution is 0.252. The van der Waals surface area contributed by atoms with Gasteiger partial charge in [0.05, 0.1) is 7.11 Å². The molecule has 0 aliphatic rings. The highest BCUT2D eigenvalue weighted by atomic mass is 79.9. The highest BCUT2D eigenvalue weighted by molar-refractivity contribution is 9.10. The first-order chi connectivity index (χ1) is 10.7. The molecule has 0 spiro atoms. The van der Waals surface area contributed by atoms with E-state index in [1.807, 2.05) is 12.1 Å². The summed E-state index contributed by atoms with van der Waals surface area (Å²) in [6, 6.07) is 17.0. The minimum absolute atomic E-state index is 0.914. The maximum atomic E-state index is 5.23. The van der Waals surface area contributed by atoms with E-state index >= 15 is 0 Å². The molecule has 0 aliphatic carbocycles. The molecule has 3 heteroatoms. The number of benzene rings is 2. The second-order valence-corrected chi connectivity index (χ2v) is 6.45. The zero-order valence-electron chi connectivity index (χ0n) is 13.4. The molecule has 0 saturated heterocycles. The average Bonchev–Trinajstić information content (AvgIpc) is 2.55. The summed E-state index contributed by atoms with van der Waals surface area (Å²) in [5.41, 5.74) is 2.68. The van der Waals surface area contributed by atoms with Gasteiger partial charge >= 0.3 is 0 Å². The molecule has 2 aromatic carbocycles. The van der Waals surface area contributed by atoms with Crippen LogP contribution in [0.3, 0.4) is 0 Å². The molecule has 0 aromatic heterocycles. The fraction of sp³-hybridized carbons (Fsp3) is 0.368. The third-order valence-electron chi connectivity index (χ3n) is 3.71. The zero-order valence-corrected chi connectivity index (χ0v) is 15.0. The number of hydrogen-bond acceptors (Lipinski definition) is 2. The lowest BCUT2D eigenvalue weighted by Gasteiger charge is -2.22. The van der Waals surface area contributed by atoms with Gasteiger partial charge in [0.15, 0.2) is 0 Å². The Bertz CT molecular complexity index is 551. The minimum Gasteiger partial charge on any atom is -0.497 e. The van der Waals surface area contributed by atoms with Gasteiger partial charge < -0.3 is 4.74 Å². The largest absolute Gasteiger partial charge is 0.497 e. The van der Waals surface area contributed by atoms with Crippen molar-refractivity contribution in [2.75, 3.05) is 13.7 Å². The first-order valence-corrected chi connectivity index (χ1v) is 8.60. The summed E-state index contributed by atoms with van der Waals surface area (Å²) in [7, 11) is 1.70. The molecule has 0 amide bonds. The Labute approximate surface area is 142 Å². The van der Waals surface area contributed by atoms with Gasteiger partial charge in [0, 0.05) is 17.6 Å². The minimum atomic E-state index is 0.914. The van der Waals surface area contributed by atoms with Gasteiger partial charge in [-0.25, -0.2) is 0 Å². The van der Waals surface area contributed by atoms with Gasteiger partial charge in [-0.2, -0.15) is 0 Å². The third-order valence-corrected chi connectivity index (χ3v) is 4.24. The van der Waals surface area contributed by atoms with Gasteiger partial charge in [-0.05, 0) is 48.4 Å². The summed E-state index contributed by atoms with van der Waals surface area (Å²) in [4.78, 5) is 2.51. The van der Waals surface area contributed by atoms with Crippen LogP contribution in [0.15, 0.2) is 53.0 Å². The highest BCUT2D eigenvalue weighted by Crippen LogP contribution is 2.16. The van der Waals surface area contributed by atoms with E-state index in [0.717, 1.165) is 29.9 Å². The van der Waals surface area contributed by atoms with E-state index in [1.165, 1.54) is 24.0 Å². The molecule has 0 N–H and O–H groups in total. The van der Waals surface area contributed by atoms with E-state index in [1.54, 1.807) is 7.11 Å². The molecule has 0 saturated carbocycles. The first-order valence-electron chi connectivity index (χ1n) is 7.81. The second-order valence-electron chi connectivity index (χ2n) is 5.54. The van der Waals surface area contributed by atoms with Gasteiger partial charge in [0.2, 0.25) is 0 Å². The van der Waals surface area contributed by atoms with Crippen molar-refractivity contribution in [1.29, 1.82) is 0 Å². The first kappa shape index (κ1) is 17.0. The van der Waals surface area contributed by atoms with Gasteiger partial charge in [-0.3, -0.25) is 4.90 Å². The molecule has 2 nitrogen and oxygen atoms in total. The standard InChI is InChI=1S/C19H24BrNO/c1-3-4-13-21(14-16-5-9-18(20)10-6-16)15-17-7-11-19(22-2)12-8-17/h5-12H,3-4,13-15H2,1-2H3. The third kappa shape index (κ3) is 5.47. The molecule has 2 rings (SSSR count).